The van der Waals surface area contributed by atoms with Gasteiger partial charge >= 0.3 is 5.97 Å². The van der Waals surface area contributed by atoms with E-state index in [0.717, 1.165) is 25.0 Å². The number of carbonyl (C=O) groups excluding carboxylic acids is 2. The Labute approximate surface area is 224 Å². The van der Waals surface area contributed by atoms with Gasteiger partial charge in [0.15, 0.2) is 5.78 Å². The van der Waals surface area contributed by atoms with Crippen LogP contribution in [0.4, 0.5) is 0 Å². The van der Waals surface area contributed by atoms with Gasteiger partial charge in [0.2, 0.25) is 0 Å². The molecule has 4 nitrogen and oxygen atoms in total. The highest BCUT2D eigenvalue weighted by molar-refractivity contribution is 6.04. The lowest BCUT2D eigenvalue weighted by Crippen LogP contribution is -2.08. The van der Waals surface area contributed by atoms with Crippen LogP contribution in [0.15, 0.2) is 60.7 Å². The predicted octanol–water partition coefficient (Wildman–Crippen LogP) is 9.52. The number of allylic oxidation sites excluding steroid dienone is 2. The minimum atomic E-state index is -0.434. The molecule has 2 rings (SSSR count). The molecule has 0 saturated heterocycles. The fraction of sp³-hybridized carbons (Fsp3) is 0.515. The summed E-state index contributed by atoms with van der Waals surface area (Å²) in [5.74, 6) is 0.701. The van der Waals surface area contributed by atoms with E-state index < -0.39 is 5.97 Å². The number of unbranched alkanes of at least 4 members (excludes halogenated alkanes) is 12. The quantitative estimate of drug-likeness (QED) is 0.0590. The van der Waals surface area contributed by atoms with Crippen molar-refractivity contribution in [1.29, 1.82) is 0 Å². The fourth-order valence-corrected chi connectivity index (χ4v) is 4.12. The highest BCUT2D eigenvalue weighted by Gasteiger charge is 2.10. The molecule has 0 spiro atoms. The molecule has 0 atom stereocenters. The summed E-state index contributed by atoms with van der Waals surface area (Å²) in [5.41, 5.74) is 1.04. The number of benzene rings is 2. The van der Waals surface area contributed by atoms with Crippen molar-refractivity contribution in [2.45, 2.75) is 104 Å². The Morgan fingerprint density at radius 2 is 1.14 bits per heavy atom. The van der Waals surface area contributed by atoms with Crippen molar-refractivity contribution in [3.63, 3.8) is 0 Å². The average molecular weight is 507 g/mol. The molecule has 0 aliphatic heterocycles. The summed E-state index contributed by atoms with van der Waals surface area (Å²) < 4.78 is 11.3. The maximum absolute atomic E-state index is 12.5. The van der Waals surface area contributed by atoms with Gasteiger partial charge in [-0.1, -0.05) is 90.6 Å². The molecule has 4 heteroatoms. The van der Waals surface area contributed by atoms with Crippen LogP contribution < -0.4 is 9.47 Å². The molecule has 0 amide bonds. The Morgan fingerprint density at radius 3 is 1.76 bits per heavy atom. The molecular formula is C33H46O4. The molecule has 0 aromatic heterocycles. The maximum atomic E-state index is 12.5. The molecule has 0 bridgehead atoms. The Balaban J connectivity index is 1.64. The van der Waals surface area contributed by atoms with E-state index in [-0.39, 0.29) is 5.78 Å². The molecule has 2 aromatic rings. The summed E-state index contributed by atoms with van der Waals surface area (Å²) in [6.07, 6.45) is 20.9. The van der Waals surface area contributed by atoms with Gasteiger partial charge < -0.3 is 9.47 Å². The standard InChI is InChI=1S/C33H46O4/c1-3-5-7-9-10-11-12-13-15-17-27-36-30-23-21-29(22-24-30)33(35)37-31-25-19-28(20-26-31)32(34)18-16-14-8-6-4-2/h16,18-26H,3-15,17,27H2,1-2H3. The Bertz CT molecular complexity index is 912. The Hall–Kier alpha value is -2.88. The van der Waals surface area contributed by atoms with Gasteiger partial charge in [-0.15, -0.1) is 0 Å². The molecule has 0 heterocycles. The third-order valence-electron chi connectivity index (χ3n) is 6.45. The van der Waals surface area contributed by atoms with Crippen molar-refractivity contribution in [2.75, 3.05) is 6.61 Å². The second-order valence-corrected chi connectivity index (χ2v) is 9.73. The molecule has 0 aliphatic rings. The fourth-order valence-electron chi connectivity index (χ4n) is 4.12. The third kappa shape index (κ3) is 13.3. The van der Waals surface area contributed by atoms with E-state index in [1.165, 1.54) is 70.6 Å². The summed E-state index contributed by atoms with van der Waals surface area (Å²) in [6, 6.07) is 13.7. The van der Waals surface area contributed by atoms with E-state index in [4.69, 9.17) is 9.47 Å². The van der Waals surface area contributed by atoms with Crippen LogP contribution >= 0.6 is 0 Å². The maximum Gasteiger partial charge on any atom is 0.343 e. The zero-order valence-corrected chi connectivity index (χ0v) is 23.0. The van der Waals surface area contributed by atoms with Crippen LogP contribution in [-0.4, -0.2) is 18.4 Å². The average Bonchev–Trinajstić information content (AvgIpc) is 2.92. The SMILES string of the molecule is CCCCCC=CC(=O)c1ccc(OC(=O)c2ccc(OCCCCCCCCCCCC)cc2)cc1. The monoisotopic (exact) mass is 506 g/mol. The number of esters is 1. The number of ether oxygens (including phenoxy) is 2. The Kier molecular flexibility index (Phi) is 15.8. The first-order valence-corrected chi connectivity index (χ1v) is 14.4. The number of carbonyl (C=O) groups is 2. The molecule has 202 valence electrons. The van der Waals surface area contributed by atoms with Gasteiger partial charge in [-0.05, 0) is 73.9 Å². The van der Waals surface area contributed by atoms with Crippen molar-refractivity contribution in [3.05, 3.63) is 71.8 Å². The second-order valence-electron chi connectivity index (χ2n) is 9.73. The van der Waals surface area contributed by atoms with E-state index >= 15 is 0 Å². The van der Waals surface area contributed by atoms with E-state index in [9.17, 15) is 9.59 Å². The highest BCUT2D eigenvalue weighted by Crippen LogP contribution is 2.18. The minimum Gasteiger partial charge on any atom is -0.494 e. The lowest BCUT2D eigenvalue weighted by molar-refractivity contribution is 0.0734. The molecular weight excluding hydrogens is 460 g/mol. The van der Waals surface area contributed by atoms with Gasteiger partial charge in [0.05, 0.1) is 12.2 Å². The molecule has 0 radical (unpaired) electrons. The van der Waals surface area contributed by atoms with E-state index in [1.54, 1.807) is 42.5 Å². The van der Waals surface area contributed by atoms with E-state index in [1.807, 2.05) is 18.2 Å². The Morgan fingerprint density at radius 1 is 0.622 bits per heavy atom. The number of ketones is 1. The van der Waals surface area contributed by atoms with Crippen LogP contribution in [0.2, 0.25) is 0 Å². The summed E-state index contributed by atoms with van der Waals surface area (Å²) in [4.78, 5) is 24.7. The molecule has 0 aliphatic carbocycles. The normalized spacial score (nSPS) is 11.1. The molecule has 0 N–H and O–H groups in total. The van der Waals surface area contributed by atoms with Crippen molar-refractivity contribution < 1.29 is 19.1 Å². The smallest absolute Gasteiger partial charge is 0.343 e. The van der Waals surface area contributed by atoms with Crippen molar-refractivity contribution in [1.82, 2.24) is 0 Å². The van der Waals surface area contributed by atoms with Crippen LogP contribution in [-0.2, 0) is 0 Å². The van der Waals surface area contributed by atoms with Crippen LogP contribution in [0.5, 0.6) is 11.5 Å². The van der Waals surface area contributed by atoms with Crippen molar-refractivity contribution >= 4 is 11.8 Å². The van der Waals surface area contributed by atoms with Gasteiger partial charge in [-0.25, -0.2) is 4.79 Å². The summed E-state index contributed by atoms with van der Waals surface area (Å²) in [7, 11) is 0. The van der Waals surface area contributed by atoms with Gasteiger partial charge in [-0.3, -0.25) is 4.79 Å². The van der Waals surface area contributed by atoms with Crippen LogP contribution in [0, 0.1) is 0 Å². The van der Waals surface area contributed by atoms with Crippen molar-refractivity contribution in [2.24, 2.45) is 0 Å². The first kappa shape index (κ1) is 30.3. The van der Waals surface area contributed by atoms with Gasteiger partial charge in [-0.2, -0.15) is 0 Å². The minimum absolute atomic E-state index is 0.0391. The molecule has 0 fully saturated rings. The number of hydrogen-bond acceptors (Lipinski definition) is 4. The predicted molar refractivity (Wildman–Crippen MR) is 153 cm³/mol. The summed E-state index contributed by atoms with van der Waals surface area (Å²) >= 11 is 0. The molecule has 0 unspecified atom stereocenters. The molecule has 0 saturated carbocycles. The number of rotatable bonds is 20. The topological polar surface area (TPSA) is 52.6 Å². The van der Waals surface area contributed by atoms with E-state index in [0.29, 0.717) is 23.5 Å². The van der Waals surface area contributed by atoms with Crippen molar-refractivity contribution in [3.8, 4) is 11.5 Å². The molecule has 37 heavy (non-hydrogen) atoms. The second kappa shape index (κ2) is 19.3. The largest absolute Gasteiger partial charge is 0.494 e. The van der Waals surface area contributed by atoms with Gasteiger partial charge in [0, 0.05) is 5.56 Å². The first-order valence-electron chi connectivity index (χ1n) is 14.4. The van der Waals surface area contributed by atoms with Crippen LogP contribution in [0.1, 0.15) is 124 Å². The lowest BCUT2D eigenvalue weighted by atomic mass is 10.1. The number of hydrogen-bond donors (Lipinski definition) is 0. The first-order chi connectivity index (χ1) is 18.1. The third-order valence-corrected chi connectivity index (χ3v) is 6.45. The van der Waals surface area contributed by atoms with Gasteiger partial charge in [0.25, 0.3) is 0 Å². The zero-order chi connectivity index (χ0) is 26.6. The summed E-state index contributed by atoms with van der Waals surface area (Å²) in [6.45, 7) is 5.11. The highest BCUT2D eigenvalue weighted by atomic mass is 16.5. The van der Waals surface area contributed by atoms with E-state index in [2.05, 4.69) is 13.8 Å². The van der Waals surface area contributed by atoms with Crippen LogP contribution in [0.25, 0.3) is 0 Å². The van der Waals surface area contributed by atoms with Gasteiger partial charge in [0.1, 0.15) is 11.5 Å². The molecule has 2 aromatic carbocycles. The zero-order valence-electron chi connectivity index (χ0n) is 23.0. The van der Waals surface area contributed by atoms with Crippen LogP contribution in [0.3, 0.4) is 0 Å². The summed E-state index contributed by atoms with van der Waals surface area (Å²) in [5, 5.41) is 0. The lowest BCUT2D eigenvalue weighted by Gasteiger charge is -2.08.